The van der Waals surface area contributed by atoms with Gasteiger partial charge < -0.3 is 15.3 Å². The summed E-state index contributed by atoms with van der Waals surface area (Å²) in [6, 6.07) is -0.123. The maximum Gasteiger partial charge on any atom is 0.111 e. The molecule has 0 bridgehead atoms. The van der Waals surface area contributed by atoms with Crippen LogP contribution < -0.4 is 0 Å². The minimum Gasteiger partial charge on any atom is -0.389 e. The number of nitrogens with zero attached hydrogens (tertiary/aromatic N) is 1. The molecule has 0 aromatic heterocycles. The lowest BCUT2D eigenvalue weighted by Crippen LogP contribution is -2.66. The number of likely N-dealkylation sites (tertiary alicyclic amines) is 1. The third-order valence-electron chi connectivity index (χ3n) is 3.58. The second-order valence-corrected chi connectivity index (χ2v) is 4.76. The quantitative estimate of drug-likeness (QED) is 0.621. The van der Waals surface area contributed by atoms with Gasteiger partial charge in [-0.3, -0.25) is 4.90 Å². The molecule has 15 heavy (non-hydrogen) atoms. The second-order valence-electron chi connectivity index (χ2n) is 4.76. The molecule has 0 aliphatic carbocycles. The molecule has 1 rings (SSSR count). The van der Waals surface area contributed by atoms with Gasteiger partial charge in [0.25, 0.3) is 0 Å². The molecule has 0 spiro atoms. The average Bonchev–Trinajstić information content (AvgIpc) is 2.19. The molecule has 0 saturated carbocycles. The van der Waals surface area contributed by atoms with Crippen molar-refractivity contribution in [3.05, 3.63) is 0 Å². The van der Waals surface area contributed by atoms with Crippen LogP contribution in [0, 0.1) is 0 Å². The molecule has 0 aromatic rings. The second kappa shape index (κ2) is 4.78. The average molecular weight is 217 g/mol. The SMILES string of the molecule is CCCCN1C[C@@H](O)[C@H](O)[C@](C)(O)[C@@H]1C. The Hall–Kier alpha value is -0.160. The number of hydrogen-bond donors (Lipinski definition) is 3. The summed E-state index contributed by atoms with van der Waals surface area (Å²) >= 11 is 0. The molecule has 4 nitrogen and oxygen atoms in total. The minimum atomic E-state index is -1.23. The highest BCUT2D eigenvalue weighted by molar-refractivity contribution is 5.01. The summed E-state index contributed by atoms with van der Waals surface area (Å²) in [5, 5.41) is 29.4. The van der Waals surface area contributed by atoms with E-state index in [0.29, 0.717) is 6.54 Å². The van der Waals surface area contributed by atoms with Gasteiger partial charge in [-0.25, -0.2) is 0 Å². The zero-order valence-corrected chi connectivity index (χ0v) is 9.85. The molecule has 90 valence electrons. The van der Waals surface area contributed by atoms with E-state index in [1.807, 2.05) is 11.8 Å². The maximum absolute atomic E-state index is 10.1. The molecule has 1 saturated heterocycles. The van der Waals surface area contributed by atoms with Gasteiger partial charge in [-0.05, 0) is 26.8 Å². The Labute approximate surface area is 91.5 Å². The molecule has 1 heterocycles. The zero-order valence-electron chi connectivity index (χ0n) is 9.85. The van der Waals surface area contributed by atoms with Crippen molar-refractivity contribution in [2.45, 2.75) is 57.5 Å². The van der Waals surface area contributed by atoms with Crippen molar-refractivity contribution < 1.29 is 15.3 Å². The first-order valence-electron chi connectivity index (χ1n) is 5.73. The van der Waals surface area contributed by atoms with Crippen LogP contribution in [-0.2, 0) is 0 Å². The monoisotopic (exact) mass is 217 g/mol. The van der Waals surface area contributed by atoms with Gasteiger partial charge in [0.1, 0.15) is 11.7 Å². The molecule has 0 radical (unpaired) electrons. The predicted molar refractivity (Wildman–Crippen MR) is 58.6 cm³/mol. The van der Waals surface area contributed by atoms with Crippen molar-refractivity contribution >= 4 is 0 Å². The Balaban J connectivity index is 2.68. The van der Waals surface area contributed by atoms with Gasteiger partial charge >= 0.3 is 0 Å². The molecule has 0 unspecified atom stereocenters. The molecule has 1 fully saturated rings. The summed E-state index contributed by atoms with van der Waals surface area (Å²) in [7, 11) is 0. The Morgan fingerprint density at radius 1 is 1.40 bits per heavy atom. The van der Waals surface area contributed by atoms with Crippen molar-refractivity contribution in [3.63, 3.8) is 0 Å². The van der Waals surface area contributed by atoms with Crippen LogP contribution in [0.15, 0.2) is 0 Å². The zero-order chi connectivity index (χ0) is 11.6. The summed E-state index contributed by atoms with van der Waals surface area (Å²) in [5.41, 5.74) is -1.23. The highest BCUT2D eigenvalue weighted by Crippen LogP contribution is 2.28. The van der Waals surface area contributed by atoms with E-state index in [2.05, 4.69) is 6.92 Å². The van der Waals surface area contributed by atoms with E-state index in [1.54, 1.807) is 6.92 Å². The summed E-state index contributed by atoms with van der Waals surface area (Å²) in [4.78, 5) is 2.04. The van der Waals surface area contributed by atoms with Gasteiger partial charge in [-0.15, -0.1) is 0 Å². The van der Waals surface area contributed by atoms with Crippen LogP contribution in [0.4, 0.5) is 0 Å². The molecule has 3 N–H and O–H groups in total. The Morgan fingerprint density at radius 2 is 2.00 bits per heavy atom. The fourth-order valence-electron chi connectivity index (χ4n) is 2.15. The smallest absolute Gasteiger partial charge is 0.111 e. The van der Waals surface area contributed by atoms with Gasteiger partial charge in [-0.1, -0.05) is 13.3 Å². The fraction of sp³-hybridized carbons (Fsp3) is 1.00. The van der Waals surface area contributed by atoms with Crippen LogP contribution in [0.25, 0.3) is 0 Å². The maximum atomic E-state index is 10.1. The van der Waals surface area contributed by atoms with Crippen molar-refractivity contribution in [3.8, 4) is 0 Å². The van der Waals surface area contributed by atoms with E-state index < -0.39 is 17.8 Å². The van der Waals surface area contributed by atoms with Crippen molar-refractivity contribution in [2.24, 2.45) is 0 Å². The number of aliphatic hydroxyl groups excluding tert-OH is 2. The molecule has 4 atom stereocenters. The van der Waals surface area contributed by atoms with Crippen molar-refractivity contribution in [2.75, 3.05) is 13.1 Å². The Morgan fingerprint density at radius 3 is 2.53 bits per heavy atom. The van der Waals surface area contributed by atoms with Gasteiger partial charge in [0, 0.05) is 12.6 Å². The lowest BCUT2D eigenvalue weighted by molar-refractivity contribution is -0.186. The molecule has 1 aliphatic rings. The first-order valence-corrected chi connectivity index (χ1v) is 5.73. The van der Waals surface area contributed by atoms with Crippen molar-refractivity contribution in [1.82, 2.24) is 4.90 Å². The Bertz CT molecular complexity index is 208. The van der Waals surface area contributed by atoms with Gasteiger partial charge in [0.05, 0.1) is 6.10 Å². The van der Waals surface area contributed by atoms with E-state index in [4.69, 9.17) is 0 Å². The summed E-state index contributed by atoms with van der Waals surface area (Å²) < 4.78 is 0. The van der Waals surface area contributed by atoms with E-state index >= 15 is 0 Å². The van der Waals surface area contributed by atoms with E-state index in [9.17, 15) is 15.3 Å². The number of rotatable bonds is 3. The number of piperidine rings is 1. The highest BCUT2D eigenvalue weighted by atomic mass is 16.4. The van der Waals surface area contributed by atoms with E-state index in [0.717, 1.165) is 19.4 Å². The number of hydrogen-bond acceptors (Lipinski definition) is 4. The highest BCUT2D eigenvalue weighted by Gasteiger charge is 2.47. The predicted octanol–water partition coefficient (Wildman–Crippen LogP) is -0.0366. The van der Waals surface area contributed by atoms with Gasteiger partial charge in [0.15, 0.2) is 0 Å². The summed E-state index contributed by atoms with van der Waals surface area (Å²) in [6.45, 7) is 6.89. The lowest BCUT2D eigenvalue weighted by Gasteiger charge is -2.48. The largest absolute Gasteiger partial charge is 0.389 e. The third-order valence-corrected chi connectivity index (χ3v) is 3.58. The van der Waals surface area contributed by atoms with Gasteiger partial charge in [-0.2, -0.15) is 0 Å². The fourth-order valence-corrected chi connectivity index (χ4v) is 2.15. The van der Waals surface area contributed by atoms with Crippen LogP contribution in [-0.4, -0.2) is 57.2 Å². The van der Waals surface area contributed by atoms with Crippen LogP contribution in [0.5, 0.6) is 0 Å². The lowest BCUT2D eigenvalue weighted by atomic mass is 9.83. The number of aliphatic hydroxyl groups is 3. The molecular formula is C11H23NO3. The minimum absolute atomic E-state index is 0.123. The van der Waals surface area contributed by atoms with Crippen molar-refractivity contribution in [1.29, 1.82) is 0 Å². The molecular weight excluding hydrogens is 194 g/mol. The molecule has 4 heteroatoms. The normalized spacial score (nSPS) is 43.2. The Kier molecular flexibility index (Phi) is 4.12. The van der Waals surface area contributed by atoms with Gasteiger partial charge in [0.2, 0.25) is 0 Å². The van der Waals surface area contributed by atoms with Crippen LogP contribution >= 0.6 is 0 Å². The standard InChI is InChI=1S/C11H23NO3/c1-4-5-6-12-7-9(13)10(14)11(3,15)8(12)2/h8-10,13-15H,4-7H2,1-3H3/t8-,9+,10-,11+/m0/s1. The third kappa shape index (κ3) is 2.50. The number of unbranched alkanes of at least 4 members (excludes halogenated alkanes) is 1. The van der Waals surface area contributed by atoms with Crippen LogP contribution in [0.2, 0.25) is 0 Å². The van der Waals surface area contributed by atoms with Crippen LogP contribution in [0.1, 0.15) is 33.6 Å². The molecule has 0 amide bonds. The summed E-state index contributed by atoms with van der Waals surface area (Å²) in [5.74, 6) is 0. The van der Waals surface area contributed by atoms with E-state index in [-0.39, 0.29) is 6.04 Å². The molecule has 1 aliphatic heterocycles. The first kappa shape index (κ1) is 12.9. The van der Waals surface area contributed by atoms with Crippen LogP contribution in [0.3, 0.4) is 0 Å². The topological polar surface area (TPSA) is 63.9 Å². The number of β-amino-alcohol motifs (C(OH)–C–C–N with tert-alkyl or cyclic N) is 1. The summed E-state index contributed by atoms with van der Waals surface area (Å²) in [6.07, 6.45) is 0.228. The first-order chi connectivity index (χ1) is 6.91. The van der Waals surface area contributed by atoms with E-state index in [1.165, 1.54) is 0 Å². The molecule has 0 aromatic carbocycles.